The number of alkyl halides is 1. The van der Waals surface area contributed by atoms with Gasteiger partial charge in [0.15, 0.2) is 11.5 Å². The van der Waals surface area contributed by atoms with Gasteiger partial charge in [-0.05, 0) is 24.6 Å². The zero-order chi connectivity index (χ0) is 14.6. The summed E-state index contributed by atoms with van der Waals surface area (Å²) in [6, 6.07) is 2.35. The predicted octanol–water partition coefficient (Wildman–Crippen LogP) is 2.21. The quantitative estimate of drug-likeness (QED) is 0.829. The smallest absolute Gasteiger partial charge is 0.305 e. The van der Waals surface area contributed by atoms with Crippen LogP contribution in [0, 0.1) is 0 Å². The highest BCUT2D eigenvalue weighted by molar-refractivity contribution is 5.68. The van der Waals surface area contributed by atoms with Crippen LogP contribution in [0.5, 0.6) is 11.5 Å². The number of methoxy groups -OCH3 is 2. The van der Waals surface area contributed by atoms with E-state index in [0.717, 1.165) is 0 Å². The SMILES string of the molecule is COc1cc(C(N)CC(=O)O)cc(C(C)F)c1OC. The Morgan fingerprint density at radius 3 is 2.47 bits per heavy atom. The lowest BCUT2D eigenvalue weighted by Gasteiger charge is -2.18. The summed E-state index contributed by atoms with van der Waals surface area (Å²) in [6.07, 6.45) is -1.52. The van der Waals surface area contributed by atoms with Gasteiger partial charge in [0, 0.05) is 11.6 Å². The van der Waals surface area contributed by atoms with Crippen LogP contribution < -0.4 is 15.2 Å². The second kappa shape index (κ2) is 6.38. The molecule has 0 bridgehead atoms. The number of aliphatic carboxylic acids is 1. The summed E-state index contributed by atoms with van der Waals surface area (Å²) >= 11 is 0. The Morgan fingerprint density at radius 1 is 1.42 bits per heavy atom. The molecule has 0 spiro atoms. The van der Waals surface area contributed by atoms with E-state index in [2.05, 4.69) is 0 Å². The number of carbonyl (C=O) groups is 1. The molecule has 0 aliphatic carbocycles. The van der Waals surface area contributed by atoms with Crippen LogP contribution in [0.3, 0.4) is 0 Å². The molecule has 1 aromatic carbocycles. The van der Waals surface area contributed by atoms with E-state index < -0.39 is 18.2 Å². The molecular weight excluding hydrogens is 253 g/mol. The van der Waals surface area contributed by atoms with Crippen molar-refractivity contribution in [1.29, 1.82) is 0 Å². The molecule has 1 aromatic rings. The van der Waals surface area contributed by atoms with Crippen molar-refractivity contribution in [3.05, 3.63) is 23.3 Å². The third-order valence-corrected chi connectivity index (χ3v) is 2.78. The van der Waals surface area contributed by atoms with Gasteiger partial charge in [-0.15, -0.1) is 0 Å². The van der Waals surface area contributed by atoms with Crippen molar-refractivity contribution < 1.29 is 23.8 Å². The van der Waals surface area contributed by atoms with Crippen LogP contribution in [0.25, 0.3) is 0 Å². The topological polar surface area (TPSA) is 81.8 Å². The highest BCUT2D eigenvalue weighted by Gasteiger charge is 2.20. The molecule has 0 heterocycles. The van der Waals surface area contributed by atoms with E-state index in [4.69, 9.17) is 20.3 Å². The minimum atomic E-state index is -1.28. The fourth-order valence-corrected chi connectivity index (χ4v) is 1.83. The Labute approximate surface area is 111 Å². The Hall–Kier alpha value is -1.82. The van der Waals surface area contributed by atoms with Crippen LogP contribution in [0.1, 0.15) is 36.7 Å². The van der Waals surface area contributed by atoms with Crippen LogP contribution in [-0.4, -0.2) is 25.3 Å². The van der Waals surface area contributed by atoms with Gasteiger partial charge in [-0.25, -0.2) is 4.39 Å². The average molecular weight is 271 g/mol. The molecule has 19 heavy (non-hydrogen) atoms. The molecular formula is C13H18FNO4. The Morgan fingerprint density at radius 2 is 2.05 bits per heavy atom. The van der Waals surface area contributed by atoms with Crippen molar-refractivity contribution in [2.24, 2.45) is 5.73 Å². The molecule has 2 unspecified atom stereocenters. The first-order valence-electron chi connectivity index (χ1n) is 5.78. The van der Waals surface area contributed by atoms with Gasteiger partial charge in [0.2, 0.25) is 0 Å². The van der Waals surface area contributed by atoms with Crippen molar-refractivity contribution in [2.75, 3.05) is 14.2 Å². The fourth-order valence-electron chi connectivity index (χ4n) is 1.83. The molecule has 0 aliphatic heterocycles. The van der Waals surface area contributed by atoms with E-state index in [9.17, 15) is 9.18 Å². The van der Waals surface area contributed by atoms with Crippen LogP contribution in [0.15, 0.2) is 12.1 Å². The van der Waals surface area contributed by atoms with Crippen molar-refractivity contribution in [3.8, 4) is 11.5 Å². The summed E-state index contributed by atoms with van der Waals surface area (Å²) in [5.41, 5.74) is 6.57. The number of carboxylic acids is 1. The molecule has 6 heteroatoms. The zero-order valence-electron chi connectivity index (χ0n) is 11.1. The zero-order valence-corrected chi connectivity index (χ0v) is 11.1. The maximum Gasteiger partial charge on any atom is 0.305 e. The number of halogens is 1. The summed E-state index contributed by atoms with van der Waals surface area (Å²) in [5, 5.41) is 8.74. The number of rotatable bonds is 6. The minimum Gasteiger partial charge on any atom is -0.493 e. The molecule has 0 saturated heterocycles. The van der Waals surface area contributed by atoms with Crippen molar-refractivity contribution in [2.45, 2.75) is 25.6 Å². The first kappa shape index (κ1) is 15.2. The van der Waals surface area contributed by atoms with Crippen molar-refractivity contribution in [3.63, 3.8) is 0 Å². The van der Waals surface area contributed by atoms with E-state index in [0.29, 0.717) is 17.1 Å². The van der Waals surface area contributed by atoms with Gasteiger partial charge < -0.3 is 20.3 Å². The highest BCUT2D eigenvalue weighted by atomic mass is 19.1. The Bertz CT molecular complexity index is 462. The first-order chi connectivity index (χ1) is 8.90. The summed E-state index contributed by atoms with van der Waals surface area (Å²) < 4.78 is 23.9. The average Bonchev–Trinajstić information content (AvgIpc) is 2.35. The molecule has 5 nitrogen and oxygen atoms in total. The lowest BCUT2D eigenvalue weighted by molar-refractivity contribution is -0.137. The van der Waals surface area contributed by atoms with Gasteiger partial charge in [-0.3, -0.25) is 4.79 Å². The van der Waals surface area contributed by atoms with Crippen LogP contribution >= 0.6 is 0 Å². The number of nitrogens with two attached hydrogens (primary N) is 1. The van der Waals surface area contributed by atoms with E-state index in [1.165, 1.54) is 27.2 Å². The second-order valence-corrected chi connectivity index (χ2v) is 4.17. The maximum absolute atomic E-state index is 13.6. The summed E-state index contributed by atoms with van der Waals surface area (Å²) in [7, 11) is 2.84. The van der Waals surface area contributed by atoms with Gasteiger partial charge >= 0.3 is 5.97 Å². The lowest BCUT2D eigenvalue weighted by Crippen LogP contribution is -2.15. The number of benzene rings is 1. The van der Waals surface area contributed by atoms with E-state index in [1.54, 1.807) is 6.07 Å². The lowest BCUT2D eigenvalue weighted by atomic mass is 9.99. The summed E-state index contributed by atoms with van der Waals surface area (Å²) in [5.74, 6) is -0.388. The summed E-state index contributed by atoms with van der Waals surface area (Å²) in [6.45, 7) is 1.36. The fraction of sp³-hybridized carbons (Fsp3) is 0.462. The number of hydrogen-bond donors (Lipinski definition) is 2. The summed E-state index contributed by atoms with van der Waals surface area (Å²) in [4.78, 5) is 10.7. The maximum atomic E-state index is 13.6. The standard InChI is InChI=1S/C13H18FNO4/c1-7(14)9-4-8(10(15)6-12(16)17)5-11(18-2)13(9)19-3/h4-5,7,10H,6,15H2,1-3H3,(H,16,17). The van der Waals surface area contributed by atoms with Gasteiger partial charge in [0.1, 0.15) is 6.17 Å². The van der Waals surface area contributed by atoms with Gasteiger partial charge in [0.25, 0.3) is 0 Å². The molecule has 0 aliphatic rings. The normalized spacial score (nSPS) is 13.7. The van der Waals surface area contributed by atoms with Gasteiger partial charge in [-0.2, -0.15) is 0 Å². The minimum absolute atomic E-state index is 0.240. The molecule has 3 N–H and O–H groups in total. The van der Waals surface area contributed by atoms with Crippen molar-refractivity contribution in [1.82, 2.24) is 0 Å². The third kappa shape index (κ3) is 3.57. The number of hydrogen-bond acceptors (Lipinski definition) is 4. The monoisotopic (exact) mass is 271 g/mol. The van der Waals surface area contributed by atoms with E-state index in [-0.39, 0.29) is 12.0 Å². The number of carboxylic acid groups (broad SMARTS) is 1. The molecule has 0 saturated carbocycles. The molecule has 2 atom stereocenters. The molecule has 1 rings (SSSR count). The van der Waals surface area contributed by atoms with Gasteiger partial charge in [-0.1, -0.05) is 0 Å². The molecule has 0 amide bonds. The molecule has 106 valence electrons. The van der Waals surface area contributed by atoms with Crippen LogP contribution in [0.2, 0.25) is 0 Å². The Kier molecular flexibility index (Phi) is 5.11. The molecule has 0 radical (unpaired) electrons. The molecule has 0 fully saturated rings. The first-order valence-corrected chi connectivity index (χ1v) is 5.78. The Balaban J connectivity index is 3.27. The third-order valence-electron chi connectivity index (χ3n) is 2.78. The molecule has 0 aromatic heterocycles. The highest BCUT2D eigenvalue weighted by Crippen LogP contribution is 2.38. The number of ether oxygens (including phenoxy) is 2. The van der Waals surface area contributed by atoms with Crippen LogP contribution in [0.4, 0.5) is 4.39 Å². The predicted molar refractivity (Wildman–Crippen MR) is 68.3 cm³/mol. The van der Waals surface area contributed by atoms with E-state index >= 15 is 0 Å². The van der Waals surface area contributed by atoms with Crippen molar-refractivity contribution >= 4 is 5.97 Å². The van der Waals surface area contributed by atoms with E-state index in [1.807, 2.05) is 0 Å². The second-order valence-electron chi connectivity index (χ2n) is 4.17. The van der Waals surface area contributed by atoms with Gasteiger partial charge in [0.05, 0.1) is 20.6 Å². The van der Waals surface area contributed by atoms with Crippen LogP contribution in [-0.2, 0) is 4.79 Å². The largest absolute Gasteiger partial charge is 0.493 e.